The van der Waals surface area contributed by atoms with Crippen molar-refractivity contribution in [2.24, 2.45) is 0 Å². The highest BCUT2D eigenvalue weighted by Crippen LogP contribution is 2.43. The number of fused-ring (bicyclic) bond motifs is 1. The third kappa shape index (κ3) is 3.53. The minimum atomic E-state index is 0.488. The van der Waals surface area contributed by atoms with E-state index in [9.17, 15) is 0 Å². The Kier molecular flexibility index (Phi) is 5.88. The SMILES string of the molecule is COc1ccc(CNc2ncnc3c(OC)c(OC)c(OC)cc23)cc1OC. The fraction of sp³-hybridized carbons (Fsp3) is 0.300. The van der Waals surface area contributed by atoms with E-state index in [4.69, 9.17) is 23.7 Å². The molecule has 0 aliphatic rings. The van der Waals surface area contributed by atoms with Gasteiger partial charge in [-0.2, -0.15) is 0 Å². The van der Waals surface area contributed by atoms with Crippen LogP contribution < -0.4 is 29.0 Å². The lowest BCUT2D eigenvalue weighted by atomic mass is 10.1. The van der Waals surface area contributed by atoms with Crippen LogP contribution in [0.25, 0.3) is 10.9 Å². The van der Waals surface area contributed by atoms with Gasteiger partial charge >= 0.3 is 0 Å². The largest absolute Gasteiger partial charge is 0.493 e. The minimum Gasteiger partial charge on any atom is -0.493 e. The Bertz CT molecular complexity index is 978. The summed E-state index contributed by atoms with van der Waals surface area (Å²) in [6.45, 7) is 0.531. The smallest absolute Gasteiger partial charge is 0.205 e. The Morgan fingerprint density at radius 1 is 0.750 bits per heavy atom. The second-order valence-corrected chi connectivity index (χ2v) is 5.81. The van der Waals surface area contributed by atoms with Crippen molar-refractivity contribution in [2.45, 2.75) is 6.54 Å². The number of methoxy groups -OCH3 is 5. The lowest BCUT2D eigenvalue weighted by molar-refractivity contribution is 0.327. The Morgan fingerprint density at radius 3 is 2.11 bits per heavy atom. The van der Waals surface area contributed by atoms with E-state index in [-0.39, 0.29) is 0 Å². The van der Waals surface area contributed by atoms with Gasteiger partial charge in [-0.1, -0.05) is 6.07 Å². The molecular weight excluding hydrogens is 362 g/mol. The molecule has 0 fully saturated rings. The van der Waals surface area contributed by atoms with Crippen molar-refractivity contribution in [3.8, 4) is 28.7 Å². The van der Waals surface area contributed by atoms with Gasteiger partial charge in [-0.3, -0.25) is 0 Å². The Balaban J connectivity index is 1.98. The molecule has 3 aromatic rings. The first-order valence-corrected chi connectivity index (χ1v) is 8.55. The van der Waals surface area contributed by atoms with Gasteiger partial charge in [0.1, 0.15) is 17.7 Å². The van der Waals surface area contributed by atoms with Gasteiger partial charge in [-0.25, -0.2) is 9.97 Å². The van der Waals surface area contributed by atoms with E-state index in [0.717, 1.165) is 10.9 Å². The third-order valence-corrected chi connectivity index (χ3v) is 4.34. The number of aromatic nitrogens is 2. The zero-order valence-electron chi connectivity index (χ0n) is 16.5. The molecule has 3 rings (SSSR count). The first-order chi connectivity index (χ1) is 13.7. The third-order valence-electron chi connectivity index (χ3n) is 4.34. The van der Waals surface area contributed by atoms with E-state index in [2.05, 4.69) is 15.3 Å². The molecule has 1 heterocycles. The quantitative estimate of drug-likeness (QED) is 0.632. The van der Waals surface area contributed by atoms with Crippen molar-refractivity contribution >= 4 is 16.7 Å². The summed E-state index contributed by atoms with van der Waals surface area (Å²) < 4.78 is 27.0. The normalized spacial score (nSPS) is 10.5. The van der Waals surface area contributed by atoms with Crippen LogP contribution in [-0.4, -0.2) is 45.5 Å². The summed E-state index contributed by atoms with van der Waals surface area (Å²) in [5.41, 5.74) is 1.64. The van der Waals surface area contributed by atoms with E-state index >= 15 is 0 Å². The van der Waals surface area contributed by atoms with Gasteiger partial charge in [0.25, 0.3) is 0 Å². The van der Waals surface area contributed by atoms with Crippen LogP contribution in [0, 0.1) is 0 Å². The van der Waals surface area contributed by atoms with Crippen LogP contribution in [0.1, 0.15) is 5.56 Å². The van der Waals surface area contributed by atoms with Gasteiger partial charge in [0, 0.05) is 6.54 Å². The molecule has 148 valence electrons. The van der Waals surface area contributed by atoms with Crippen LogP contribution in [0.4, 0.5) is 5.82 Å². The number of ether oxygens (including phenoxy) is 5. The summed E-state index contributed by atoms with van der Waals surface area (Å²) in [6, 6.07) is 7.57. The fourth-order valence-electron chi connectivity index (χ4n) is 2.98. The molecule has 0 unspecified atom stereocenters. The van der Waals surface area contributed by atoms with Crippen molar-refractivity contribution in [1.29, 1.82) is 0 Å². The summed E-state index contributed by atoms with van der Waals surface area (Å²) in [6.07, 6.45) is 1.48. The van der Waals surface area contributed by atoms with Crippen LogP contribution in [0.3, 0.4) is 0 Å². The fourth-order valence-corrected chi connectivity index (χ4v) is 2.98. The average molecular weight is 385 g/mol. The molecule has 1 aromatic heterocycles. The van der Waals surface area contributed by atoms with Gasteiger partial charge in [0.2, 0.25) is 5.75 Å². The number of hydrogen-bond acceptors (Lipinski definition) is 8. The molecule has 0 saturated carbocycles. The van der Waals surface area contributed by atoms with Crippen molar-refractivity contribution in [2.75, 3.05) is 40.9 Å². The second kappa shape index (κ2) is 8.51. The predicted octanol–water partition coefficient (Wildman–Crippen LogP) is 3.28. The summed E-state index contributed by atoms with van der Waals surface area (Å²) in [5.74, 6) is 3.52. The highest BCUT2D eigenvalue weighted by atomic mass is 16.5. The van der Waals surface area contributed by atoms with E-state index in [1.807, 2.05) is 24.3 Å². The molecule has 0 spiro atoms. The van der Waals surface area contributed by atoms with Crippen LogP contribution in [0.15, 0.2) is 30.6 Å². The lowest BCUT2D eigenvalue weighted by Crippen LogP contribution is -2.04. The van der Waals surface area contributed by atoms with Gasteiger partial charge in [0.15, 0.2) is 23.0 Å². The van der Waals surface area contributed by atoms with Crippen molar-refractivity contribution in [3.63, 3.8) is 0 Å². The van der Waals surface area contributed by atoms with Crippen LogP contribution in [0.2, 0.25) is 0 Å². The number of rotatable bonds is 8. The molecule has 28 heavy (non-hydrogen) atoms. The summed E-state index contributed by atoms with van der Waals surface area (Å²) in [4.78, 5) is 8.73. The molecule has 0 aliphatic carbocycles. The molecule has 2 aromatic carbocycles. The van der Waals surface area contributed by atoms with Gasteiger partial charge in [-0.15, -0.1) is 0 Å². The zero-order chi connectivity index (χ0) is 20.1. The molecular formula is C20H23N3O5. The molecule has 1 N–H and O–H groups in total. The second-order valence-electron chi connectivity index (χ2n) is 5.81. The maximum absolute atomic E-state index is 5.51. The van der Waals surface area contributed by atoms with Gasteiger partial charge in [0.05, 0.1) is 40.9 Å². The summed E-state index contributed by atoms with van der Waals surface area (Å²) in [5, 5.41) is 4.09. The van der Waals surface area contributed by atoms with E-state index in [1.165, 1.54) is 6.33 Å². The summed E-state index contributed by atoms with van der Waals surface area (Å²) >= 11 is 0. The van der Waals surface area contributed by atoms with Crippen LogP contribution >= 0.6 is 0 Å². The average Bonchev–Trinajstić information content (AvgIpc) is 2.75. The molecule has 0 amide bonds. The number of anilines is 1. The topological polar surface area (TPSA) is 84.0 Å². The van der Waals surface area contributed by atoms with Gasteiger partial charge in [-0.05, 0) is 23.8 Å². The first kappa shape index (κ1) is 19.3. The summed E-state index contributed by atoms with van der Waals surface area (Å²) in [7, 11) is 7.92. The minimum absolute atomic E-state index is 0.488. The highest BCUT2D eigenvalue weighted by molar-refractivity contribution is 5.96. The Hall–Kier alpha value is -3.42. The number of hydrogen-bond donors (Lipinski definition) is 1. The maximum atomic E-state index is 5.51. The lowest BCUT2D eigenvalue weighted by Gasteiger charge is -2.16. The molecule has 0 atom stereocenters. The highest BCUT2D eigenvalue weighted by Gasteiger charge is 2.19. The number of benzene rings is 2. The van der Waals surface area contributed by atoms with Crippen molar-refractivity contribution < 1.29 is 23.7 Å². The maximum Gasteiger partial charge on any atom is 0.205 e. The van der Waals surface area contributed by atoms with Crippen LogP contribution in [0.5, 0.6) is 28.7 Å². The predicted molar refractivity (Wildman–Crippen MR) is 106 cm³/mol. The van der Waals surface area contributed by atoms with Crippen molar-refractivity contribution in [3.05, 3.63) is 36.2 Å². The van der Waals surface area contributed by atoms with E-state index in [1.54, 1.807) is 35.5 Å². The number of nitrogens with zero attached hydrogens (tertiary/aromatic N) is 2. The van der Waals surface area contributed by atoms with E-state index in [0.29, 0.717) is 46.6 Å². The van der Waals surface area contributed by atoms with Crippen molar-refractivity contribution in [1.82, 2.24) is 9.97 Å². The Labute approximate surface area is 163 Å². The van der Waals surface area contributed by atoms with E-state index < -0.39 is 0 Å². The molecule has 0 radical (unpaired) electrons. The zero-order valence-corrected chi connectivity index (χ0v) is 16.5. The molecule has 0 aliphatic heterocycles. The monoisotopic (exact) mass is 385 g/mol. The Morgan fingerprint density at radius 2 is 1.46 bits per heavy atom. The van der Waals surface area contributed by atoms with Crippen LogP contribution in [-0.2, 0) is 6.54 Å². The number of nitrogens with one attached hydrogen (secondary N) is 1. The van der Waals surface area contributed by atoms with Gasteiger partial charge < -0.3 is 29.0 Å². The molecule has 0 saturated heterocycles. The molecule has 0 bridgehead atoms. The first-order valence-electron chi connectivity index (χ1n) is 8.55. The molecule has 8 heteroatoms. The standard InChI is InChI=1S/C20H23N3O5/c1-24-14-7-6-12(8-15(14)25-2)10-21-20-13-9-16(26-3)18(27-4)19(28-5)17(13)22-11-23-20/h6-9,11H,10H2,1-5H3,(H,21,22,23). The molecule has 8 nitrogen and oxygen atoms in total.